The average Bonchev–Trinajstić information content (AvgIpc) is 3.26. The highest BCUT2D eigenvalue weighted by Crippen LogP contribution is 2.54. The van der Waals surface area contributed by atoms with Crippen LogP contribution in [0, 0.1) is 11.6 Å². The highest BCUT2D eigenvalue weighted by atomic mass is 19.1. The van der Waals surface area contributed by atoms with Crippen molar-refractivity contribution in [2.24, 2.45) is 0 Å². The summed E-state index contributed by atoms with van der Waals surface area (Å²) in [5.74, 6) is 0.323. The number of aromatic nitrogens is 3. The molecule has 0 spiro atoms. The van der Waals surface area contributed by atoms with Crippen LogP contribution in [0.2, 0.25) is 0 Å². The standard InChI is InChI=1S/C18H15F2N3O2/c1-24-17-4-2-3-11(21-17)8-16-22-18(25-23-16)14-9-13(14)12-6-5-10(19)7-15(12)20/h2-7,13-14H,8-9H2,1H3/t13-,14+/m0/s1. The van der Waals surface area contributed by atoms with Crippen LogP contribution in [-0.2, 0) is 6.42 Å². The number of benzene rings is 1. The van der Waals surface area contributed by atoms with Crippen LogP contribution < -0.4 is 4.74 Å². The van der Waals surface area contributed by atoms with Crippen molar-refractivity contribution in [3.63, 3.8) is 0 Å². The Morgan fingerprint density at radius 2 is 2.04 bits per heavy atom. The number of rotatable bonds is 5. The predicted octanol–water partition coefficient (Wildman–Crippen LogP) is 3.61. The first kappa shape index (κ1) is 15.7. The summed E-state index contributed by atoms with van der Waals surface area (Å²) < 4.78 is 37.3. The quantitative estimate of drug-likeness (QED) is 0.708. The number of hydrogen-bond acceptors (Lipinski definition) is 5. The van der Waals surface area contributed by atoms with Crippen molar-refractivity contribution in [3.05, 3.63) is 71.0 Å². The molecule has 2 aromatic heterocycles. The molecule has 1 aliphatic carbocycles. The lowest BCUT2D eigenvalue weighted by molar-refractivity contribution is 0.373. The van der Waals surface area contributed by atoms with Crippen LogP contribution in [-0.4, -0.2) is 22.2 Å². The van der Waals surface area contributed by atoms with Crippen molar-refractivity contribution in [3.8, 4) is 5.88 Å². The Hall–Kier alpha value is -2.83. The van der Waals surface area contributed by atoms with E-state index in [2.05, 4.69) is 15.1 Å². The molecule has 2 heterocycles. The van der Waals surface area contributed by atoms with Gasteiger partial charge in [-0.1, -0.05) is 17.3 Å². The van der Waals surface area contributed by atoms with Gasteiger partial charge >= 0.3 is 0 Å². The molecule has 0 aliphatic heterocycles. The van der Waals surface area contributed by atoms with Crippen LogP contribution in [0.3, 0.4) is 0 Å². The van der Waals surface area contributed by atoms with Gasteiger partial charge in [0.15, 0.2) is 5.82 Å². The molecule has 3 aromatic rings. The largest absolute Gasteiger partial charge is 0.481 e. The number of pyridine rings is 1. The molecule has 128 valence electrons. The summed E-state index contributed by atoms with van der Waals surface area (Å²) in [7, 11) is 1.56. The molecule has 5 nitrogen and oxygen atoms in total. The first-order chi connectivity index (χ1) is 12.1. The molecule has 2 atom stereocenters. The minimum atomic E-state index is -0.579. The fourth-order valence-corrected chi connectivity index (χ4v) is 2.94. The Morgan fingerprint density at radius 3 is 2.84 bits per heavy atom. The molecule has 1 saturated carbocycles. The molecular weight excluding hydrogens is 328 g/mol. The van der Waals surface area contributed by atoms with Crippen molar-refractivity contribution < 1.29 is 18.0 Å². The highest BCUT2D eigenvalue weighted by Gasteiger charge is 2.45. The third-order valence-corrected chi connectivity index (χ3v) is 4.28. The third kappa shape index (κ3) is 3.22. The first-order valence-corrected chi connectivity index (χ1v) is 7.91. The predicted molar refractivity (Wildman–Crippen MR) is 84.4 cm³/mol. The van der Waals surface area contributed by atoms with Crippen LogP contribution in [0.25, 0.3) is 0 Å². The molecule has 1 fully saturated rings. The number of hydrogen-bond donors (Lipinski definition) is 0. The molecule has 0 saturated heterocycles. The number of methoxy groups -OCH3 is 1. The zero-order valence-electron chi connectivity index (χ0n) is 13.4. The van der Waals surface area contributed by atoms with E-state index < -0.39 is 11.6 Å². The van der Waals surface area contributed by atoms with E-state index >= 15 is 0 Å². The van der Waals surface area contributed by atoms with Crippen LogP contribution >= 0.6 is 0 Å². The lowest BCUT2D eigenvalue weighted by Crippen LogP contribution is -1.96. The number of halogens is 2. The van der Waals surface area contributed by atoms with Gasteiger partial charge in [0.05, 0.1) is 19.2 Å². The molecule has 0 unspecified atom stereocenters. The maximum Gasteiger partial charge on any atom is 0.230 e. The summed E-state index contributed by atoms with van der Waals surface area (Å²) in [4.78, 5) is 8.70. The molecule has 4 rings (SSSR count). The fourth-order valence-electron chi connectivity index (χ4n) is 2.94. The Kier molecular flexibility index (Phi) is 3.91. The van der Waals surface area contributed by atoms with Gasteiger partial charge in [-0.15, -0.1) is 0 Å². The van der Waals surface area contributed by atoms with Gasteiger partial charge in [0, 0.05) is 18.1 Å². The van der Waals surface area contributed by atoms with E-state index in [1.807, 2.05) is 12.1 Å². The Labute approximate surface area is 142 Å². The SMILES string of the molecule is COc1cccc(Cc2noc([C@@H]3C[C@H]3c3ccc(F)cc3F)n2)n1. The number of nitrogens with zero attached hydrogens (tertiary/aromatic N) is 3. The monoisotopic (exact) mass is 343 g/mol. The Morgan fingerprint density at radius 1 is 1.16 bits per heavy atom. The van der Waals surface area contributed by atoms with Gasteiger partial charge < -0.3 is 9.26 Å². The van der Waals surface area contributed by atoms with Crippen LogP contribution in [0.5, 0.6) is 5.88 Å². The minimum absolute atomic E-state index is 0.0283. The van der Waals surface area contributed by atoms with Gasteiger partial charge in [-0.25, -0.2) is 13.8 Å². The molecule has 1 aromatic carbocycles. The zero-order chi connectivity index (χ0) is 17.4. The van der Waals surface area contributed by atoms with E-state index in [9.17, 15) is 8.78 Å². The van der Waals surface area contributed by atoms with E-state index in [0.29, 0.717) is 36.0 Å². The summed E-state index contributed by atoms with van der Waals surface area (Å²) in [6.45, 7) is 0. The molecule has 0 amide bonds. The van der Waals surface area contributed by atoms with Crippen molar-refractivity contribution in [1.82, 2.24) is 15.1 Å². The van der Waals surface area contributed by atoms with Crippen molar-refractivity contribution >= 4 is 0 Å². The van der Waals surface area contributed by atoms with E-state index in [0.717, 1.165) is 11.8 Å². The summed E-state index contributed by atoms with van der Waals surface area (Å²) >= 11 is 0. The summed E-state index contributed by atoms with van der Waals surface area (Å²) in [6.07, 6.45) is 1.13. The second kappa shape index (κ2) is 6.23. The van der Waals surface area contributed by atoms with Crippen molar-refractivity contribution in [1.29, 1.82) is 0 Å². The second-order valence-corrected chi connectivity index (χ2v) is 6.01. The highest BCUT2D eigenvalue weighted by molar-refractivity contribution is 5.32. The lowest BCUT2D eigenvalue weighted by atomic mass is 10.1. The molecule has 1 aliphatic rings. The zero-order valence-corrected chi connectivity index (χ0v) is 13.4. The van der Waals surface area contributed by atoms with Crippen LogP contribution in [0.1, 0.15) is 41.2 Å². The van der Waals surface area contributed by atoms with Crippen molar-refractivity contribution in [2.45, 2.75) is 24.7 Å². The van der Waals surface area contributed by atoms with Crippen LogP contribution in [0.4, 0.5) is 8.78 Å². The first-order valence-electron chi connectivity index (χ1n) is 7.91. The lowest BCUT2D eigenvalue weighted by Gasteiger charge is -2.01. The fraction of sp³-hybridized carbons (Fsp3) is 0.278. The van der Waals surface area contributed by atoms with Crippen molar-refractivity contribution in [2.75, 3.05) is 7.11 Å². The smallest absolute Gasteiger partial charge is 0.230 e. The van der Waals surface area contributed by atoms with Gasteiger partial charge in [-0.2, -0.15) is 4.98 Å². The molecule has 25 heavy (non-hydrogen) atoms. The van der Waals surface area contributed by atoms with E-state index in [4.69, 9.17) is 9.26 Å². The number of ether oxygens (including phenoxy) is 1. The normalized spacial score (nSPS) is 19.0. The van der Waals surface area contributed by atoms with Gasteiger partial charge in [0.25, 0.3) is 0 Å². The van der Waals surface area contributed by atoms with Gasteiger partial charge in [-0.05, 0) is 30.0 Å². The molecular formula is C18H15F2N3O2. The Balaban J connectivity index is 1.47. The Bertz CT molecular complexity index is 913. The second-order valence-electron chi connectivity index (χ2n) is 6.01. The molecule has 0 bridgehead atoms. The average molecular weight is 343 g/mol. The molecule has 0 N–H and O–H groups in total. The minimum Gasteiger partial charge on any atom is -0.481 e. The maximum absolute atomic E-state index is 13.9. The topological polar surface area (TPSA) is 61.0 Å². The van der Waals surface area contributed by atoms with Gasteiger partial charge in [0.2, 0.25) is 11.8 Å². The van der Waals surface area contributed by atoms with E-state index in [1.165, 1.54) is 12.1 Å². The summed E-state index contributed by atoms with van der Waals surface area (Å²) in [6, 6.07) is 9.10. The molecule has 7 heteroatoms. The van der Waals surface area contributed by atoms with E-state index in [-0.39, 0.29) is 11.8 Å². The molecule has 0 radical (unpaired) electrons. The van der Waals surface area contributed by atoms with Crippen LogP contribution in [0.15, 0.2) is 40.9 Å². The summed E-state index contributed by atoms with van der Waals surface area (Å²) in [5, 5.41) is 3.97. The maximum atomic E-state index is 13.9. The van der Waals surface area contributed by atoms with E-state index in [1.54, 1.807) is 13.2 Å². The third-order valence-electron chi connectivity index (χ3n) is 4.28. The van der Waals surface area contributed by atoms with Gasteiger partial charge in [-0.3, -0.25) is 0 Å². The summed E-state index contributed by atoms with van der Waals surface area (Å²) in [5.41, 5.74) is 1.25. The van der Waals surface area contributed by atoms with Gasteiger partial charge in [0.1, 0.15) is 11.6 Å².